The minimum atomic E-state index is -1.67. The van der Waals surface area contributed by atoms with Crippen LogP contribution in [0.4, 0.5) is 0 Å². The molecule has 0 saturated carbocycles. The van der Waals surface area contributed by atoms with Gasteiger partial charge in [0.1, 0.15) is 36.6 Å². The summed E-state index contributed by atoms with van der Waals surface area (Å²) in [6, 6.07) is -1.19. The lowest BCUT2D eigenvalue weighted by atomic mass is 9.98. The highest BCUT2D eigenvalue weighted by atomic mass is 16.7. The Labute approximate surface area is 403 Å². The molecule has 0 spiro atoms. The molecular weight excluding hydrogens is 835 g/mol. The van der Waals surface area contributed by atoms with Crippen molar-refractivity contribution < 1.29 is 50.0 Å². The summed E-state index contributed by atoms with van der Waals surface area (Å²) in [5, 5.41) is 75.8. The van der Waals surface area contributed by atoms with E-state index in [0.29, 0.717) is 19.3 Å². The number of carbonyl (C=O) groups is 1. The van der Waals surface area contributed by atoms with Crippen LogP contribution in [0.5, 0.6) is 0 Å². The van der Waals surface area contributed by atoms with E-state index in [1.807, 2.05) is 0 Å². The zero-order chi connectivity index (χ0) is 48.3. The summed E-state index contributed by atoms with van der Waals surface area (Å²) in [5.41, 5.74) is 0. The van der Waals surface area contributed by atoms with Gasteiger partial charge in [-0.1, -0.05) is 217 Å². The number of ether oxygens (including phenoxy) is 2. The van der Waals surface area contributed by atoms with Crippen molar-refractivity contribution in [2.75, 3.05) is 13.2 Å². The number of nitrogens with one attached hydrogen (secondary N) is 1. The molecule has 0 bridgehead atoms. The Bertz CT molecular complexity index is 1170. The van der Waals surface area contributed by atoms with Crippen molar-refractivity contribution in [2.45, 2.75) is 294 Å². The van der Waals surface area contributed by atoms with E-state index in [9.17, 15) is 40.5 Å². The van der Waals surface area contributed by atoms with Gasteiger partial charge >= 0.3 is 0 Å². The van der Waals surface area contributed by atoms with Crippen LogP contribution in [0.1, 0.15) is 239 Å². The van der Waals surface area contributed by atoms with Gasteiger partial charge in [-0.3, -0.25) is 4.79 Å². The molecule has 388 valence electrons. The molecule has 9 unspecified atom stereocenters. The minimum Gasteiger partial charge on any atom is -0.394 e. The van der Waals surface area contributed by atoms with Gasteiger partial charge in [0.05, 0.1) is 25.4 Å². The molecule has 66 heavy (non-hydrogen) atoms. The summed E-state index contributed by atoms with van der Waals surface area (Å²) in [4.78, 5) is 13.1. The average molecular weight is 938 g/mol. The normalized spacial score (nSPS) is 21.0. The smallest absolute Gasteiger partial charge is 0.249 e. The standard InChI is InChI=1S/C55H103NO10/c1-3-5-7-9-11-13-15-17-18-19-20-21-22-23-24-25-26-27-28-29-31-33-35-37-39-41-43-48(59)54(64)56-46(45-65-55-53(63)52(62)51(61)49(44-57)66-55)50(60)47(58)42-40-38-36-34-32-30-16-14-12-10-8-6-4-2/h6,8,14,16,34,36,46-53,55,57-63H,3-5,7,9-13,15,17-33,35,37-45H2,1-2H3,(H,56,64)/b8-6+,16-14+,36-34+. The molecule has 0 aliphatic carbocycles. The zero-order valence-corrected chi connectivity index (χ0v) is 42.2. The van der Waals surface area contributed by atoms with Crippen LogP contribution in [0, 0.1) is 0 Å². The van der Waals surface area contributed by atoms with Crippen molar-refractivity contribution in [3.05, 3.63) is 36.5 Å². The molecule has 1 amide bonds. The van der Waals surface area contributed by atoms with E-state index in [2.05, 4.69) is 55.6 Å². The molecule has 1 heterocycles. The topological polar surface area (TPSA) is 189 Å². The fourth-order valence-corrected chi connectivity index (χ4v) is 8.72. The van der Waals surface area contributed by atoms with Crippen LogP contribution in [0.3, 0.4) is 0 Å². The van der Waals surface area contributed by atoms with Gasteiger partial charge < -0.3 is 50.5 Å². The quantitative estimate of drug-likeness (QED) is 0.0215. The number of rotatable bonds is 46. The number of carbonyl (C=O) groups excluding carboxylic acids is 1. The summed E-state index contributed by atoms with van der Waals surface area (Å²) in [7, 11) is 0. The van der Waals surface area contributed by atoms with E-state index >= 15 is 0 Å². The molecule has 8 N–H and O–H groups in total. The highest BCUT2D eigenvalue weighted by Crippen LogP contribution is 2.23. The number of hydrogen-bond acceptors (Lipinski definition) is 10. The van der Waals surface area contributed by atoms with Crippen LogP contribution in [0.25, 0.3) is 0 Å². The summed E-state index contributed by atoms with van der Waals surface area (Å²) in [6.45, 7) is 3.33. The van der Waals surface area contributed by atoms with Crippen molar-refractivity contribution in [3.8, 4) is 0 Å². The summed E-state index contributed by atoms with van der Waals surface area (Å²) < 4.78 is 11.1. The van der Waals surface area contributed by atoms with E-state index in [1.54, 1.807) is 0 Å². The van der Waals surface area contributed by atoms with Gasteiger partial charge in [0.2, 0.25) is 5.91 Å². The van der Waals surface area contributed by atoms with E-state index in [1.165, 1.54) is 141 Å². The Hall–Kier alpha value is -1.67. The number of unbranched alkanes of at least 4 members (excludes halogenated alkanes) is 28. The first-order valence-corrected chi connectivity index (χ1v) is 27.4. The van der Waals surface area contributed by atoms with Crippen molar-refractivity contribution in [1.29, 1.82) is 0 Å². The van der Waals surface area contributed by atoms with Crippen molar-refractivity contribution in [1.82, 2.24) is 5.32 Å². The lowest BCUT2D eigenvalue weighted by Crippen LogP contribution is -2.60. The fourth-order valence-electron chi connectivity index (χ4n) is 8.72. The Balaban J connectivity index is 2.29. The van der Waals surface area contributed by atoms with Crippen molar-refractivity contribution in [2.24, 2.45) is 0 Å². The van der Waals surface area contributed by atoms with Crippen molar-refractivity contribution in [3.63, 3.8) is 0 Å². The SMILES string of the molecule is CC/C=C/CC/C=C/CC/C=C/CCCC(O)C(O)C(COC1OC(CO)C(O)C(O)C1O)NC(=O)C(O)CCCCCCCCCCCCCCCCCCCCCCCCCCCC. The lowest BCUT2D eigenvalue weighted by Gasteiger charge is -2.40. The Morgan fingerprint density at radius 1 is 0.530 bits per heavy atom. The lowest BCUT2D eigenvalue weighted by molar-refractivity contribution is -0.303. The third-order valence-electron chi connectivity index (χ3n) is 13.2. The molecule has 0 radical (unpaired) electrons. The molecule has 1 fully saturated rings. The second-order valence-electron chi connectivity index (χ2n) is 19.3. The highest BCUT2D eigenvalue weighted by Gasteiger charge is 2.44. The molecule has 0 aromatic heterocycles. The molecule has 1 aliphatic rings. The molecule has 1 saturated heterocycles. The first-order chi connectivity index (χ1) is 32.2. The molecule has 11 heteroatoms. The van der Waals surface area contributed by atoms with Gasteiger partial charge in [-0.15, -0.1) is 0 Å². The maximum Gasteiger partial charge on any atom is 0.249 e. The second kappa shape index (κ2) is 44.5. The highest BCUT2D eigenvalue weighted by molar-refractivity contribution is 5.80. The predicted molar refractivity (Wildman–Crippen MR) is 270 cm³/mol. The molecule has 0 aromatic rings. The first-order valence-electron chi connectivity index (χ1n) is 27.4. The monoisotopic (exact) mass is 938 g/mol. The number of allylic oxidation sites excluding steroid dienone is 6. The summed E-state index contributed by atoms with van der Waals surface area (Å²) in [5.74, 6) is -0.711. The maximum absolute atomic E-state index is 13.1. The first kappa shape index (κ1) is 62.3. The number of aliphatic hydroxyl groups is 7. The van der Waals surface area contributed by atoms with Gasteiger partial charge in [-0.05, 0) is 57.8 Å². The van der Waals surface area contributed by atoms with Crippen molar-refractivity contribution >= 4 is 5.91 Å². The molecule has 0 aromatic carbocycles. The number of hydrogen-bond donors (Lipinski definition) is 8. The molecule has 9 atom stereocenters. The van der Waals surface area contributed by atoms with Crippen LogP contribution in [0.15, 0.2) is 36.5 Å². The third kappa shape index (κ3) is 33.0. The van der Waals surface area contributed by atoms with Gasteiger partial charge in [-0.25, -0.2) is 0 Å². The Kier molecular flexibility index (Phi) is 42.1. The zero-order valence-electron chi connectivity index (χ0n) is 42.2. The summed E-state index contributed by atoms with van der Waals surface area (Å²) in [6.07, 6.45) is 42.2. The molecular formula is C55H103NO10. The summed E-state index contributed by atoms with van der Waals surface area (Å²) >= 11 is 0. The second-order valence-corrected chi connectivity index (χ2v) is 19.3. The van der Waals surface area contributed by atoms with Gasteiger partial charge in [0.25, 0.3) is 0 Å². The molecule has 1 aliphatic heterocycles. The van der Waals surface area contributed by atoms with Gasteiger partial charge in [-0.2, -0.15) is 0 Å². The van der Waals surface area contributed by atoms with Crippen LogP contribution in [-0.2, 0) is 14.3 Å². The van der Waals surface area contributed by atoms with Crippen LogP contribution in [0.2, 0.25) is 0 Å². The van der Waals surface area contributed by atoms with E-state index < -0.39 is 74.2 Å². The van der Waals surface area contributed by atoms with E-state index in [4.69, 9.17) is 9.47 Å². The minimum absolute atomic E-state index is 0.241. The fraction of sp³-hybridized carbons (Fsp3) is 0.873. The van der Waals surface area contributed by atoms with Crippen LogP contribution < -0.4 is 5.32 Å². The predicted octanol–water partition coefficient (Wildman–Crippen LogP) is 10.7. The van der Waals surface area contributed by atoms with Crippen LogP contribution >= 0.6 is 0 Å². The molecule has 11 nitrogen and oxygen atoms in total. The number of aliphatic hydroxyl groups excluding tert-OH is 7. The largest absolute Gasteiger partial charge is 0.394 e. The van der Waals surface area contributed by atoms with E-state index in [-0.39, 0.29) is 12.8 Å². The Morgan fingerprint density at radius 3 is 1.36 bits per heavy atom. The van der Waals surface area contributed by atoms with Crippen LogP contribution in [-0.4, -0.2) is 110 Å². The van der Waals surface area contributed by atoms with E-state index in [0.717, 1.165) is 51.4 Å². The molecule has 1 rings (SSSR count). The van der Waals surface area contributed by atoms with Gasteiger partial charge in [0.15, 0.2) is 6.29 Å². The number of amides is 1. The maximum atomic E-state index is 13.1. The average Bonchev–Trinajstić information content (AvgIpc) is 3.32. The third-order valence-corrected chi connectivity index (χ3v) is 13.2. The Morgan fingerprint density at radius 2 is 0.939 bits per heavy atom. The van der Waals surface area contributed by atoms with Gasteiger partial charge in [0, 0.05) is 0 Å².